The van der Waals surface area contributed by atoms with E-state index < -0.39 is 0 Å². The molecule has 0 atom stereocenters. The minimum atomic E-state index is -0.315. The number of hydrogen-bond donors (Lipinski definition) is 0. The number of ether oxygens (including phenoxy) is 1. The highest BCUT2D eigenvalue weighted by Crippen LogP contribution is 2.16. The molecule has 0 aliphatic rings. The summed E-state index contributed by atoms with van der Waals surface area (Å²) in [5.41, 5.74) is 3.18. The summed E-state index contributed by atoms with van der Waals surface area (Å²) in [6.45, 7) is 2.12. The van der Waals surface area contributed by atoms with Gasteiger partial charge in [-0.05, 0) is 30.2 Å². The highest BCUT2D eigenvalue weighted by molar-refractivity contribution is 6.08. The molecule has 2 aromatic rings. The van der Waals surface area contributed by atoms with Gasteiger partial charge in [-0.15, -0.1) is 0 Å². The van der Waals surface area contributed by atoms with Crippen LogP contribution in [0.25, 0.3) is 0 Å². The highest BCUT2D eigenvalue weighted by atomic mass is 16.5. The largest absolute Gasteiger partial charge is 0.469 e. The van der Waals surface area contributed by atoms with Gasteiger partial charge in [-0.3, -0.25) is 9.59 Å². The van der Waals surface area contributed by atoms with Gasteiger partial charge in [0, 0.05) is 18.3 Å². The minimum absolute atomic E-state index is 0.0310. The molecule has 0 aliphatic heterocycles. The summed E-state index contributed by atoms with van der Waals surface area (Å²) in [5.74, 6) is -0.346. The van der Waals surface area contributed by atoms with Gasteiger partial charge < -0.3 is 9.30 Å². The first-order valence-corrected chi connectivity index (χ1v) is 7.41. The number of benzene rings is 1. The number of esters is 1. The molecule has 0 amide bonds. The van der Waals surface area contributed by atoms with E-state index in [4.69, 9.17) is 0 Å². The van der Waals surface area contributed by atoms with Crippen molar-refractivity contribution in [3.05, 3.63) is 58.9 Å². The molecule has 4 heteroatoms. The number of carbonyl (C=O) groups is 2. The molecule has 0 N–H and O–H groups in total. The van der Waals surface area contributed by atoms with Crippen LogP contribution < -0.4 is 0 Å². The first kappa shape index (κ1) is 16.0. The lowest BCUT2D eigenvalue weighted by Gasteiger charge is -2.08. The predicted molar refractivity (Wildman–Crippen MR) is 85.0 cm³/mol. The summed E-state index contributed by atoms with van der Waals surface area (Å²) in [5, 5.41) is 0. The summed E-state index contributed by atoms with van der Waals surface area (Å²) in [6.07, 6.45) is 2.17. The van der Waals surface area contributed by atoms with E-state index in [1.165, 1.54) is 7.11 Å². The number of nitrogens with zero attached hydrogens (tertiary/aromatic N) is 1. The van der Waals surface area contributed by atoms with Crippen LogP contribution in [0, 0.1) is 0 Å². The van der Waals surface area contributed by atoms with E-state index in [2.05, 4.69) is 11.7 Å². The Morgan fingerprint density at radius 1 is 1.18 bits per heavy atom. The number of methoxy groups -OCH3 is 1. The van der Waals surface area contributed by atoms with Crippen LogP contribution in [0.15, 0.2) is 36.4 Å². The molecule has 0 saturated carbocycles. The average Bonchev–Trinajstić information content (AvgIpc) is 2.88. The summed E-state index contributed by atoms with van der Waals surface area (Å²) in [6, 6.07) is 11.3. The lowest BCUT2D eigenvalue weighted by molar-refractivity contribution is -0.139. The molecule has 116 valence electrons. The fraction of sp³-hybridized carbons (Fsp3) is 0.333. The van der Waals surface area contributed by atoms with Gasteiger partial charge in [0.1, 0.15) is 0 Å². The van der Waals surface area contributed by atoms with Crippen molar-refractivity contribution in [1.29, 1.82) is 0 Å². The Morgan fingerprint density at radius 2 is 1.95 bits per heavy atom. The molecule has 1 aromatic carbocycles. The molecule has 0 unspecified atom stereocenters. The van der Waals surface area contributed by atoms with Crippen LogP contribution in [0.5, 0.6) is 0 Å². The fourth-order valence-corrected chi connectivity index (χ4v) is 2.48. The van der Waals surface area contributed by atoms with Gasteiger partial charge in [0.05, 0.1) is 19.2 Å². The lowest BCUT2D eigenvalue weighted by atomic mass is 10.0. The molecule has 1 aromatic heterocycles. The summed E-state index contributed by atoms with van der Waals surface area (Å²) >= 11 is 0. The quantitative estimate of drug-likeness (QED) is 0.608. The Bertz CT molecular complexity index is 685. The molecule has 0 radical (unpaired) electrons. The SMILES string of the molecule is CCCc1cccc(C(=O)c2ccc(CC(=O)OC)n2C)c1. The van der Waals surface area contributed by atoms with Crippen LogP contribution in [0.3, 0.4) is 0 Å². The second kappa shape index (κ2) is 7.07. The molecule has 0 aliphatic carbocycles. The van der Waals surface area contributed by atoms with Gasteiger partial charge in [-0.1, -0.05) is 31.5 Å². The third kappa shape index (κ3) is 3.45. The van der Waals surface area contributed by atoms with Crippen LogP contribution in [0.4, 0.5) is 0 Å². The minimum Gasteiger partial charge on any atom is -0.469 e. The maximum atomic E-state index is 12.7. The third-order valence-electron chi connectivity index (χ3n) is 3.74. The Morgan fingerprint density at radius 3 is 2.64 bits per heavy atom. The van der Waals surface area contributed by atoms with E-state index in [1.54, 1.807) is 23.7 Å². The number of carbonyl (C=O) groups excluding carboxylic acids is 2. The second-order valence-electron chi connectivity index (χ2n) is 5.30. The smallest absolute Gasteiger partial charge is 0.311 e. The molecule has 0 fully saturated rings. The lowest BCUT2D eigenvalue weighted by Crippen LogP contribution is -2.12. The van der Waals surface area contributed by atoms with Crippen molar-refractivity contribution in [3.8, 4) is 0 Å². The molecule has 1 heterocycles. The van der Waals surface area contributed by atoms with E-state index in [0.29, 0.717) is 11.3 Å². The van der Waals surface area contributed by atoms with E-state index in [9.17, 15) is 9.59 Å². The maximum absolute atomic E-state index is 12.7. The van der Waals surface area contributed by atoms with E-state index in [-0.39, 0.29) is 18.2 Å². The first-order valence-electron chi connectivity index (χ1n) is 7.41. The zero-order chi connectivity index (χ0) is 16.1. The Hall–Kier alpha value is -2.36. The molecule has 0 saturated heterocycles. The Labute approximate surface area is 130 Å². The Balaban J connectivity index is 2.26. The summed E-state index contributed by atoms with van der Waals surface area (Å²) < 4.78 is 6.42. The molecular weight excluding hydrogens is 278 g/mol. The van der Waals surface area contributed by atoms with E-state index in [1.807, 2.05) is 24.3 Å². The van der Waals surface area contributed by atoms with E-state index in [0.717, 1.165) is 24.1 Å². The highest BCUT2D eigenvalue weighted by Gasteiger charge is 2.16. The topological polar surface area (TPSA) is 48.3 Å². The normalized spacial score (nSPS) is 10.5. The van der Waals surface area contributed by atoms with Crippen molar-refractivity contribution in [1.82, 2.24) is 4.57 Å². The van der Waals surface area contributed by atoms with Crippen LogP contribution in [0.2, 0.25) is 0 Å². The average molecular weight is 299 g/mol. The van der Waals surface area contributed by atoms with Crippen molar-refractivity contribution in [2.75, 3.05) is 7.11 Å². The molecule has 4 nitrogen and oxygen atoms in total. The summed E-state index contributed by atoms with van der Waals surface area (Å²) in [7, 11) is 3.15. The first-order chi connectivity index (χ1) is 10.6. The number of aryl methyl sites for hydroxylation is 1. The standard InChI is InChI=1S/C18H21NO3/c1-4-6-13-7-5-8-14(11-13)18(21)16-10-9-15(19(16)2)12-17(20)22-3/h5,7-11H,4,6,12H2,1-3H3. The molecule has 0 spiro atoms. The second-order valence-corrected chi connectivity index (χ2v) is 5.30. The molecule has 22 heavy (non-hydrogen) atoms. The van der Waals surface area contributed by atoms with Crippen LogP contribution in [-0.4, -0.2) is 23.4 Å². The van der Waals surface area contributed by atoms with Crippen LogP contribution >= 0.6 is 0 Å². The summed E-state index contributed by atoms with van der Waals surface area (Å²) in [4.78, 5) is 24.0. The van der Waals surface area contributed by atoms with Gasteiger partial charge in [0.15, 0.2) is 0 Å². The zero-order valence-corrected chi connectivity index (χ0v) is 13.3. The molecule has 2 rings (SSSR count). The Kier molecular flexibility index (Phi) is 5.15. The number of rotatable bonds is 6. The fourth-order valence-electron chi connectivity index (χ4n) is 2.48. The van der Waals surface area contributed by atoms with Crippen molar-refractivity contribution in [2.24, 2.45) is 7.05 Å². The van der Waals surface area contributed by atoms with Crippen molar-refractivity contribution in [2.45, 2.75) is 26.2 Å². The van der Waals surface area contributed by atoms with Gasteiger partial charge in [0.25, 0.3) is 0 Å². The van der Waals surface area contributed by atoms with Gasteiger partial charge in [0.2, 0.25) is 5.78 Å². The van der Waals surface area contributed by atoms with Gasteiger partial charge >= 0.3 is 5.97 Å². The third-order valence-corrected chi connectivity index (χ3v) is 3.74. The number of aromatic nitrogens is 1. The van der Waals surface area contributed by atoms with Crippen molar-refractivity contribution >= 4 is 11.8 Å². The van der Waals surface area contributed by atoms with Crippen molar-refractivity contribution < 1.29 is 14.3 Å². The monoisotopic (exact) mass is 299 g/mol. The predicted octanol–water partition coefficient (Wildman–Crippen LogP) is 2.92. The van der Waals surface area contributed by atoms with Crippen molar-refractivity contribution in [3.63, 3.8) is 0 Å². The van der Waals surface area contributed by atoms with E-state index >= 15 is 0 Å². The van der Waals surface area contributed by atoms with Crippen LogP contribution in [0.1, 0.15) is 40.7 Å². The van der Waals surface area contributed by atoms with Gasteiger partial charge in [-0.2, -0.15) is 0 Å². The van der Waals surface area contributed by atoms with Gasteiger partial charge in [-0.25, -0.2) is 0 Å². The zero-order valence-electron chi connectivity index (χ0n) is 13.3. The number of hydrogen-bond acceptors (Lipinski definition) is 3. The van der Waals surface area contributed by atoms with Crippen LogP contribution in [-0.2, 0) is 29.4 Å². The number of ketones is 1. The molecule has 0 bridgehead atoms. The maximum Gasteiger partial charge on any atom is 0.311 e. The molecular formula is C18H21NO3.